The molecule has 10 heteroatoms. The number of hydrogen-bond donors (Lipinski definition) is 1. The minimum absolute atomic E-state index is 0.0239. The third-order valence-corrected chi connectivity index (χ3v) is 5.65. The molecule has 5 rings (SSSR count). The number of oxazole rings is 1. The van der Waals surface area contributed by atoms with Crippen LogP contribution in [0.4, 0.5) is 10.3 Å². The Morgan fingerprint density at radius 2 is 2.12 bits per heavy atom. The van der Waals surface area contributed by atoms with E-state index in [1.807, 2.05) is 0 Å². The molecule has 9 nitrogen and oxygen atoms in total. The van der Waals surface area contributed by atoms with Gasteiger partial charge in [-0.15, -0.1) is 0 Å². The molecule has 1 saturated heterocycles. The van der Waals surface area contributed by atoms with Gasteiger partial charge in [0.05, 0.1) is 5.69 Å². The molecule has 0 unspecified atom stereocenters. The zero-order valence-electron chi connectivity index (χ0n) is 18.1. The molecule has 1 aromatic carbocycles. The Balaban J connectivity index is 1.44. The first-order valence-electron chi connectivity index (χ1n) is 10.7. The van der Waals surface area contributed by atoms with Crippen molar-refractivity contribution in [3.8, 4) is 22.6 Å². The van der Waals surface area contributed by atoms with E-state index in [2.05, 4.69) is 15.3 Å². The average molecular weight is 450 g/mol. The summed E-state index contributed by atoms with van der Waals surface area (Å²) in [5.41, 5.74) is 2.74. The second-order valence-corrected chi connectivity index (χ2v) is 7.89. The number of halogens is 1. The SMILES string of the molecule is COCC(=O)N1CCC[C@@H](Nc2nccc(-c3c(-c4ccc(F)cc4)nc4occn34)n2)C1. The van der Waals surface area contributed by atoms with Crippen LogP contribution in [0.2, 0.25) is 0 Å². The Labute approximate surface area is 189 Å². The number of anilines is 1. The predicted molar refractivity (Wildman–Crippen MR) is 119 cm³/mol. The number of carbonyl (C=O) groups excluding carboxylic acids is 1. The zero-order chi connectivity index (χ0) is 22.8. The first kappa shape index (κ1) is 21.1. The largest absolute Gasteiger partial charge is 0.432 e. The molecule has 1 aliphatic heterocycles. The first-order chi connectivity index (χ1) is 16.1. The summed E-state index contributed by atoms with van der Waals surface area (Å²) in [5, 5.41) is 3.36. The van der Waals surface area contributed by atoms with Gasteiger partial charge in [0.2, 0.25) is 11.9 Å². The van der Waals surface area contributed by atoms with E-state index < -0.39 is 0 Å². The summed E-state index contributed by atoms with van der Waals surface area (Å²) in [7, 11) is 1.52. The fourth-order valence-electron chi connectivity index (χ4n) is 4.12. The second kappa shape index (κ2) is 8.99. The Morgan fingerprint density at radius 3 is 2.94 bits per heavy atom. The monoisotopic (exact) mass is 450 g/mol. The van der Waals surface area contributed by atoms with Crippen molar-refractivity contribution in [1.82, 2.24) is 24.3 Å². The van der Waals surface area contributed by atoms with Crippen LogP contribution in [0.25, 0.3) is 28.5 Å². The molecular weight excluding hydrogens is 427 g/mol. The van der Waals surface area contributed by atoms with Gasteiger partial charge in [-0.2, -0.15) is 4.98 Å². The number of aromatic nitrogens is 4. The maximum atomic E-state index is 13.5. The maximum Gasteiger partial charge on any atom is 0.306 e. The van der Waals surface area contributed by atoms with Crippen LogP contribution in [-0.4, -0.2) is 63.0 Å². The Morgan fingerprint density at radius 1 is 1.27 bits per heavy atom. The highest BCUT2D eigenvalue weighted by Gasteiger charge is 2.25. The summed E-state index contributed by atoms with van der Waals surface area (Å²) in [6.07, 6.45) is 6.79. The van der Waals surface area contributed by atoms with E-state index in [1.165, 1.54) is 19.2 Å². The molecule has 0 saturated carbocycles. The summed E-state index contributed by atoms with van der Waals surface area (Å²) < 4.78 is 25.7. The molecule has 3 aromatic heterocycles. The summed E-state index contributed by atoms with van der Waals surface area (Å²) >= 11 is 0. The number of ether oxygens (including phenoxy) is 1. The molecule has 4 heterocycles. The lowest BCUT2D eigenvalue weighted by atomic mass is 10.1. The van der Waals surface area contributed by atoms with E-state index in [0.29, 0.717) is 29.7 Å². The first-order valence-corrected chi connectivity index (χ1v) is 10.7. The number of likely N-dealkylation sites (tertiary alicyclic amines) is 1. The highest BCUT2D eigenvalue weighted by molar-refractivity contribution is 5.80. The summed E-state index contributed by atoms with van der Waals surface area (Å²) in [4.78, 5) is 27.7. The zero-order valence-corrected chi connectivity index (χ0v) is 18.1. The molecule has 0 aliphatic carbocycles. The molecule has 1 aliphatic rings. The van der Waals surface area contributed by atoms with Crippen LogP contribution < -0.4 is 5.32 Å². The minimum atomic E-state index is -0.317. The lowest BCUT2D eigenvalue weighted by Gasteiger charge is -2.33. The Bertz CT molecular complexity index is 1270. The maximum absolute atomic E-state index is 13.5. The molecular formula is C23H23FN6O3. The van der Waals surface area contributed by atoms with Crippen molar-refractivity contribution in [2.45, 2.75) is 18.9 Å². The minimum Gasteiger partial charge on any atom is -0.432 e. The van der Waals surface area contributed by atoms with Gasteiger partial charge in [0.15, 0.2) is 0 Å². The number of hydrogen-bond acceptors (Lipinski definition) is 7. The molecule has 4 aromatic rings. The normalized spacial score (nSPS) is 16.3. The van der Waals surface area contributed by atoms with Gasteiger partial charge in [-0.1, -0.05) is 0 Å². The topological polar surface area (TPSA) is 97.8 Å². The standard InChI is InChI=1S/C23H23FN6O3/c1-32-14-19(31)29-10-2-3-17(13-29)26-22-25-9-8-18(27-22)21-20(15-4-6-16(24)7-5-15)28-23-30(21)11-12-33-23/h4-9,11-12,17H,2-3,10,13-14H2,1H3,(H,25,26,27)/t17-/m1/s1. The molecule has 0 bridgehead atoms. The van der Waals surface area contributed by atoms with Crippen molar-refractivity contribution in [3.63, 3.8) is 0 Å². The van der Waals surface area contributed by atoms with E-state index in [0.717, 1.165) is 30.6 Å². The van der Waals surface area contributed by atoms with Crippen LogP contribution in [0, 0.1) is 5.82 Å². The van der Waals surface area contributed by atoms with Crippen LogP contribution >= 0.6 is 0 Å². The van der Waals surface area contributed by atoms with Gasteiger partial charge in [-0.3, -0.25) is 9.20 Å². The van der Waals surface area contributed by atoms with Crippen molar-refractivity contribution in [3.05, 3.63) is 54.8 Å². The molecule has 1 atom stereocenters. The lowest BCUT2D eigenvalue weighted by molar-refractivity contribution is -0.136. The highest BCUT2D eigenvalue weighted by atomic mass is 19.1. The van der Waals surface area contributed by atoms with Crippen LogP contribution in [0.3, 0.4) is 0 Å². The molecule has 33 heavy (non-hydrogen) atoms. The van der Waals surface area contributed by atoms with Crippen molar-refractivity contribution in [2.75, 3.05) is 32.1 Å². The van der Waals surface area contributed by atoms with E-state index in [1.54, 1.807) is 46.2 Å². The molecule has 1 amide bonds. The number of imidazole rings is 1. The third kappa shape index (κ3) is 4.29. The number of benzene rings is 1. The number of nitrogens with zero attached hydrogens (tertiary/aromatic N) is 5. The van der Waals surface area contributed by atoms with Crippen molar-refractivity contribution in [2.24, 2.45) is 0 Å². The number of nitrogens with one attached hydrogen (secondary N) is 1. The van der Waals surface area contributed by atoms with Crippen molar-refractivity contribution in [1.29, 1.82) is 0 Å². The summed E-state index contributed by atoms with van der Waals surface area (Å²) in [6, 6.07) is 7.97. The van der Waals surface area contributed by atoms with E-state index in [4.69, 9.17) is 14.1 Å². The fourth-order valence-corrected chi connectivity index (χ4v) is 4.12. The quantitative estimate of drug-likeness (QED) is 0.482. The molecule has 0 radical (unpaired) electrons. The van der Waals surface area contributed by atoms with Gasteiger partial charge in [-0.05, 0) is 43.2 Å². The predicted octanol–water partition coefficient (Wildman–Crippen LogP) is 3.24. The summed E-state index contributed by atoms with van der Waals surface area (Å²) in [6.45, 7) is 1.36. The number of rotatable bonds is 6. The van der Waals surface area contributed by atoms with Crippen molar-refractivity contribution < 1.29 is 18.3 Å². The van der Waals surface area contributed by atoms with Crippen LogP contribution in [0.15, 0.2) is 53.4 Å². The smallest absolute Gasteiger partial charge is 0.306 e. The van der Waals surface area contributed by atoms with E-state index in [-0.39, 0.29) is 24.4 Å². The van der Waals surface area contributed by atoms with Gasteiger partial charge in [0.25, 0.3) is 0 Å². The average Bonchev–Trinajstić information content (AvgIpc) is 3.41. The lowest BCUT2D eigenvalue weighted by Crippen LogP contribution is -2.46. The van der Waals surface area contributed by atoms with Gasteiger partial charge < -0.3 is 19.4 Å². The Kier molecular flexibility index (Phi) is 5.74. The second-order valence-electron chi connectivity index (χ2n) is 7.89. The highest BCUT2D eigenvalue weighted by Crippen LogP contribution is 2.32. The van der Waals surface area contributed by atoms with Gasteiger partial charge in [0, 0.05) is 44.2 Å². The molecule has 0 spiro atoms. The van der Waals surface area contributed by atoms with Crippen LogP contribution in [0.1, 0.15) is 12.8 Å². The molecule has 1 N–H and O–H groups in total. The van der Waals surface area contributed by atoms with Crippen LogP contribution in [-0.2, 0) is 9.53 Å². The number of carbonyl (C=O) groups is 1. The van der Waals surface area contributed by atoms with Crippen LogP contribution in [0.5, 0.6) is 0 Å². The fraction of sp³-hybridized carbons (Fsp3) is 0.304. The summed E-state index contributed by atoms with van der Waals surface area (Å²) in [5.74, 6) is 0.533. The van der Waals surface area contributed by atoms with Gasteiger partial charge >= 0.3 is 5.84 Å². The van der Waals surface area contributed by atoms with E-state index in [9.17, 15) is 9.18 Å². The number of amides is 1. The molecule has 170 valence electrons. The van der Waals surface area contributed by atoms with Gasteiger partial charge in [-0.25, -0.2) is 14.4 Å². The van der Waals surface area contributed by atoms with E-state index >= 15 is 0 Å². The van der Waals surface area contributed by atoms with Crippen molar-refractivity contribution >= 4 is 17.7 Å². The number of piperidine rings is 1. The Hall–Kier alpha value is -3.79. The number of fused-ring (bicyclic) bond motifs is 1. The molecule has 1 fully saturated rings. The van der Waals surface area contributed by atoms with Gasteiger partial charge in [0.1, 0.15) is 30.1 Å². The number of methoxy groups -OCH3 is 1. The third-order valence-electron chi connectivity index (χ3n) is 5.65.